The number of hydrogen-bond acceptors (Lipinski definition) is 6. The van der Waals surface area contributed by atoms with E-state index >= 15 is 0 Å². The summed E-state index contributed by atoms with van der Waals surface area (Å²) < 4.78 is 0.903. The number of aromatic nitrogens is 2. The molecule has 7 heteroatoms. The Morgan fingerprint density at radius 2 is 2.25 bits per heavy atom. The fourth-order valence-electron chi connectivity index (χ4n) is 2.24. The molecule has 20 heavy (non-hydrogen) atoms. The Labute approximate surface area is 130 Å². The fourth-order valence-corrected chi connectivity index (χ4v) is 4.77. The lowest BCUT2D eigenvalue weighted by Gasteiger charge is -2.06. The predicted molar refractivity (Wildman–Crippen MR) is 84.4 cm³/mol. The van der Waals surface area contributed by atoms with Crippen molar-refractivity contribution in [1.82, 2.24) is 10.2 Å². The third-order valence-electron chi connectivity index (χ3n) is 3.28. The highest BCUT2D eigenvalue weighted by molar-refractivity contribution is 8.00. The van der Waals surface area contributed by atoms with E-state index in [1.54, 1.807) is 23.1 Å². The zero-order valence-corrected chi connectivity index (χ0v) is 13.3. The molecule has 2 aromatic rings. The van der Waals surface area contributed by atoms with Crippen molar-refractivity contribution in [3.63, 3.8) is 0 Å². The van der Waals surface area contributed by atoms with E-state index in [4.69, 9.17) is 0 Å². The molecule has 1 fully saturated rings. The number of thiophene rings is 1. The van der Waals surface area contributed by atoms with Crippen LogP contribution in [0.3, 0.4) is 0 Å². The van der Waals surface area contributed by atoms with Crippen molar-refractivity contribution in [3.8, 4) is 0 Å². The molecular formula is C13H15N3OS3. The van der Waals surface area contributed by atoms with Crippen LogP contribution in [-0.2, 0) is 10.5 Å². The Morgan fingerprint density at radius 1 is 1.40 bits per heavy atom. The number of carbonyl (C=O) groups excluding carboxylic acids is 1. The van der Waals surface area contributed by atoms with Gasteiger partial charge < -0.3 is 5.32 Å². The molecule has 4 nitrogen and oxygen atoms in total. The zero-order chi connectivity index (χ0) is 13.8. The van der Waals surface area contributed by atoms with E-state index in [0.717, 1.165) is 35.8 Å². The third kappa shape index (κ3) is 3.59. The van der Waals surface area contributed by atoms with Gasteiger partial charge in [-0.05, 0) is 24.3 Å². The minimum absolute atomic E-state index is 0.105. The lowest BCUT2D eigenvalue weighted by atomic mass is 10.1. The second-order valence-corrected chi connectivity index (χ2v) is 7.94. The van der Waals surface area contributed by atoms with Crippen LogP contribution in [0.2, 0.25) is 0 Å². The topological polar surface area (TPSA) is 54.9 Å². The minimum atomic E-state index is 0.105. The first kappa shape index (κ1) is 14.0. The molecule has 0 saturated heterocycles. The molecule has 0 unspecified atom stereocenters. The van der Waals surface area contributed by atoms with Gasteiger partial charge in [0.1, 0.15) is 0 Å². The summed E-state index contributed by atoms with van der Waals surface area (Å²) in [6, 6.07) is 4.16. The summed E-state index contributed by atoms with van der Waals surface area (Å²) in [5.74, 6) is 1.18. The summed E-state index contributed by atoms with van der Waals surface area (Å²) in [7, 11) is 0. The van der Waals surface area contributed by atoms with Gasteiger partial charge in [-0.1, -0.05) is 42.0 Å². The molecule has 1 aliphatic carbocycles. The maximum absolute atomic E-state index is 12.0. The minimum Gasteiger partial charge on any atom is -0.300 e. The van der Waals surface area contributed by atoms with E-state index in [-0.39, 0.29) is 11.8 Å². The van der Waals surface area contributed by atoms with E-state index in [1.165, 1.54) is 16.2 Å². The molecule has 0 atom stereocenters. The monoisotopic (exact) mass is 325 g/mol. The van der Waals surface area contributed by atoms with Crippen LogP contribution in [-0.4, -0.2) is 16.1 Å². The van der Waals surface area contributed by atoms with Crippen molar-refractivity contribution in [1.29, 1.82) is 0 Å². The summed E-state index contributed by atoms with van der Waals surface area (Å²) in [5.41, 5.74) is 0. The summed E-state index contributed by atoms with van der Waals surface area (Å²) in [4.78, 5) is 13.3. The van der Waals surface area contributed by atoms with Gasteiger partial charge in [-0.2, -0.15) is 0 Å². The van der Waals surface area contributed by atoms with Crippen molar-refractivity contribution >= 4 is 45.5 Å². The number of amides is 1. The van der Waals surface area contributed by atoms with Gasteiger partial charge in [0.05, 0.1) is 0 Å². The van der Waals surface area contributed by atoms with Crippen LogP contribution in [0, 0.1) is 5.92 Å². The molecule has 2 heterocycles. The van der Waals surface area contributed by atoms with Crippen LogP contribution in [0.1, 0.15) is 30.6 Å². The molecule has 0 spiro atoms. The van der Waals surface area contributed by atoms with Crippen molar-refractivity contribution in [3.05, 3.63) is 22.4 Å². The largest absolute Gasteiger partial charge is 0.300 e. The summed E-state index contributed by atoms with van der Waals surface area (Å²) in [5, 5.41) is 13.7. The van der Waals surface area contributed by atoms with Gasteiger partial charge in [-0.25, -0.2) is 0 Å². The number of thioether (sulfide) groups is 1. The number of rotatable bonds is 5. The molecule has 1 aliphatic rings. The van der Waals surface area contributed by atoms with Gasteiger partial charge >= 0.3 is 0 Å². The van der Waals surface area contributed by atoms with E-state index in [2.05, 4.69) is 27.0 Å². The Kier molecular flexibility index (Phi) is 4.69. The van der Waals surface area contributed by atoms with Crippen LogP contribution < -0.4 is 5.32 Å². The Balaban J connectivity index is 1.52. The second kappa shape index (κ2) is 6.69. The molecule has 1 saturated carbocycles. The second-order valence-electron chi connectivity index (χ2n) is 4.71. The number of anilines is 1. The van der Waals surface area contributed by atoms with E-state index < -0.39 is 0 Å². The van der Waals surface area contributed by atoms with Gasteiger partial charge in [0.2, 0.25) is 11.0 Å². The molecule has 0 bridgehead atoms. The molecule has 1 amide bonds. The summed E-state index contributed by atoms with van der Waals surface area (Å²) in [6.07, 6.45) is 4.33. The third-order valence-corrected chi connectivity index (χ3v) is 6.36. The molecule has 0 aromatic carbocycles. The molecular weight excluding hydrogens is 310 g/mol. The molecule has 106 valence electrons. The molecule has 2 aromatic heterocycles. The predicted octanol–water partition coefficient (Wildman–Crippen LogP) is 4.02. The van der Waals surface area contributed by atoms with Crippen LogP contribution in [0.15, 0.2) is 21.9 Å². The van der Waals surface area contributed by atoms with Crippen molar-refractivity contribution in [2.75, 3.05) is 5.32 Å². The van der Waals surface area contributed by atoms with Crippen LogP contribution in [0.5, 0.6) is 0 Å². The highest BCUT2D eigenvalue weighted by Crippen LogP contribution is 2.31. The Bertz CT molecular complexity index is 561. The average molecular weight is 325 g/mol. The van der Waals surface area contributed by atoms with Gasteiger partial charge in [0, 0.05) is 16.5 Å². The number of hydrogen-bond donors (Lipinski definition) is 1. The lowest BCUT2D eigenvalue weighted by Crippen LogP contribution is -2.20. The quantitative estimate of drug-likeness (QED) is 0.666. The van der Waals surface area contributed by atoms with Crippen molar-refractivity contribution in [2.45, 2.75) is 35.8 Å². The Morgan fingerprint density at radius 3 is 3.00 bits per heavy atom. The number of nitrogens with zero attached hydrogens (tertiary/aromatic N) is 2. The normalized spacial score (nSPS) is 15.6. The van der Waals surface area contributed by atoms with Crippen LogP contribution in [0.25, 0.3) is 0 Å². The fraction of sp³-hybridized carbons (Fsp3) is 0.462. The molecule has 0 aliphatic heterocycles. The highest BCUT2D eigenvalue weighted by atomic mass is 32.2. The van der Waals surface area contributed by atoms with Crippen molar-refractivity contribution in [2.24, 2.45) is 5.92 Å². The van der Waals surface area contributed by atoms with Gasteiger partial charge in [0.25, 0.3) is 0 Å². The van der Waals surface area contributed by atoms with Gasteiger partial charge in [0.15, 0.2) is 4.34 Å². The summed E-state index contributed by atoms with van der Waals surface area (Å²) >= 11 is 4.86. The molecule has 3 rings (SSSR count). The van der Waals surface area contributed by atoms with E-state index in [1.807, 2.05) is 6.07 Å². The molecule has 1 N–H and O–H groups in total. The van der Waals surface area contributed by atoms with Crippen molar-refractivity contribution < 1.29 is 4.79 Å². The number of nitrogens with one attached hydrogen (secondary N) is 1. The summed E-state index contributed by atoms with van der Waals surface area (Å²) in [6.45, 7) is 0. The van der Waals surface area contributed by atoms with Gasteiger partial charge in [-0.3, -0.25) is 4.79 Å². The zero-order valence-electron chi connectivity index (χ0n) is 10.9. The van der Waals surface area contributed by atoms with Gasteiger partial charge in [-0.15, -0.1) is 21.5 Å². The van der Waals surface area contributed by atoms with E-state index in [0.29, 0.717) is 5.13 Å². The Hall–Kier alpha value is -0.920. The van der Waals surface area contributed by atoms with Crippen LogP contribution in [0.4, 0.5) is 5.13 Å². The first-order valence-electron chi connectivity index (χ1n) is 6.61. The SMILES string of the molecule is O=C(Nc1nnc(SCc2cccs2)s1)C1CCCC1. The maximum atomic E-state index is 12.0. The lowest BCUT2D eigenvalue weighted by molar-refractivity contribution is -0.119. The number of carbonyl (C=O) groups is 1. The highest BCUT2D eigenvalue weighted by Gasteiger charge is 2.23. The first-order valence-corrected chi connectivity index (χ1v) is 9.29. The average Bonchev–Trinajstić information content (AvgIpc) is 3.19. The smallest absolute Gasteiger partial charge is 0.229 e. The maximum Gasteiger partial charge on any atom is 0.229 e. The standard InChI is InChI=1S/C13H15N3OS3/c17-11(9-4-1-2-5-9)14-12-15-16-13(20-12)19-8-10-6-3-7-18-10/h3,6-7,9H,1-2,4-5,8H2,(H,14,15,17). The first-order chi connectivity index (χ1) is 9.81. The van der Waals surface area contributed by atoms with Crippen LogP contribution >= 0.6 is 34.4 Å². The van der Waals surface area contributed by atoms with E-state index in [9.17, 15) is 4.79 Å². The molecule has 0 radical (unpaired) electrons.